The molecule has 37 heavy (non-hydrogen) atoms. The third-order valence-electron chi connectivity index (χ3n) is 7.48. The number of nitrogen functional groups attached to an aromatic ring is 1. The van der Waals surface area contributed by atoms with Crippen molar-refractivity contribution in [1.82, 2.24) is 34.4 Å². The minimum atomic E-state index is -0.558. The van der Waals surface area contributed by atoms with Crippen molar-refractivity contribution in [3.05, 3.63) is 47.9 Å². The maximum Gasteiger partial charge on any atom is 0.248 e. The van der Waals surface area contributed by atoms with E-state index in [-0.39, 0.29) is 41.2 Å². The largest absolute Gasteiger partial charge is 0.387 e. The summed E-state index contributed by atoms with van der Waals surface area (Å²) in [6.45, 7) is 0.925. The molecule has 0 saturated carbocycles. The average molecular weight is 505 g/mol. The van der Waals surface area contributed by atoms with Gasteiger partial charge < -0.3 is 20.7 Å². The van der Waals surface area contributed by atoms with E-state index in [0.29, 0.717) is 46.7 Å². The maximum absolute atomic E-state index is 15.0. The summed E-state index contributed by atoms with van der Waals surface area (Å²) in [6, 6.07) is 1.29. The summed E-state index contributed by atoms with van der Waals surface area (Å²) >= 11 is 0. The molecule has 0 aromatic carbocycles. The number of pyridine rings is 1. The van der Waals surface area contributed by atoms with E-state index in [1.165, 1.54) is 36.1 Å². The number of ketones is 1. The number of carbonyl (C=O) groups is 2. The molecule has 4 aromatic heterocycles. The van der Waals surface area contributed by atoms with Crippen LogP contribution in [-0.2, 0) is 4.79 Å². The van der Waals surface area contributed by atoms with Gasteiger partial charge in [-0.3, -0.25) is 9.59 Å². The fraction of sp³-hybridized carbons (Fsp3) is 0.360. The molecular formula is C25H25FN8O3. The van der Waals surface area contributed by atoms with Crippen LogP contribution in [0.15, 0.2) is 30.9 Å². The number of aromatic amines is 1. The van der Waals surface area contributed by atoms with Crippen LogP contribution >= 0.6 is 0 Å². The van der Waals surface area contributed by atoms with Crippen LogP contribution < -0.4 is 5.73 Å². The van der Waals surface area contributed by atoms with Crippen LogP contribution in [0.2, 0.25) is 0 Å². The van der Waals surface area contributed by atoms with E-state index in [4.69, 9.17) is 10.7 Å². The summed E-state index contributed by atoms with van der Waals surface area (Å²) in [6.07, 6.45) is 9.07. The van der Waals surface area contributed by atoms with Crippen molar-refractivity contribution in [1.29, 1.82) is 0 Å². The highest BCUT2D eigenvalue weighted by Crippen LogP contribution is 2.44. The van der Waals surface area contributed by atoms with Gasteiger partial charge in [0.25, 0.3) is 0 Å². The van der Waals surface area contributed by atoms with Gasteiger partial charge in [0.1, 0.15) is 18.1 Å². The van der Waals surface area contributed by atoms with Crippen molar-refractivity contribution < 1.29 is 19.1 Å². The number of anilines is 1. The second-order valence-electron chi connectivity index (χ2n) is 9.61. The number of Topliss-reactive ketones (excluding diaryl/α,β-unsaturated/α-hetero) is 1. The highest BCUT2D eigenvalue weighted by atomic mass is 19.1. The smallest absolute Gasteiger partial charge is 0.248 e. The SMILES string of the molecule is CC(=O)c1c([C@H]2C[C@H]3CC[C@@H](C2)N3C(=O)CO)nc2c(-c3cnc(-c4ncc[nH]4)c(F)c3)cnn2c1N. The third kappa shape index (κ3) is 3.67. The van der Waals surface area contributed by atoms with Gasteiger partial charge in [0, 0.05) is 47.7 Å². The first-order chi connectivity index (χ1) is 17.9. The van der Waals surface area contributed by atoms with Crippen LogP contribution in [0.1, 0.15) is 54.6 Å². The van der Waals surface area contributed by atoms with E-state index in [1.54, 1.807) is 11.1 Å². The number of hydrogen-bond donors (Lipinski definition) is 3. The maximum atomic E-state index is 15.0. The molecule has 11 nitrogen and oxygen atoms in total. The molecular weight excluding hydrogens is 479 g/mol. The number of rotatable bonds is 5. The number of nitrogens with one attached hydrogen (secondary N) is 1. The highest BCUT2D eigenvalue weighted by molar-refractivity contribution is 6.00. The van der Waals surface area contributed by atoms with Gasteiger partial charge in [-0.05, 0) is 38.7 Å². The normalized spacial score (nSPS) is 21.1. The topological polar surface area (TPSA) is 155 Å². The minimum absolute atomic E-state index is 0.0284. The molecule has 6 heterocycles. The lowest BCUT2D eigenvalue weighted by Gasteiger charge is -2.39. The number of aliphatic hydroxyl groups is 1. The van der Waals surface area contributed by atoms with Gasteiger partial charge in [-0.25, -0.2) is 19.3 Å². The first-order valence-corrected chi connectivity index (χ1v) is 12.1. The summed E-state index contributed by atoms with van der Waals surface area (Å²) in [5, 5.41) is 13.7. The molecule has 2 bridgehead atoms. The number of hydrogen-bond acceptors (Lipinski definition) is 8. The Hall–Kier alpha value is -4.19. The lowest BCUT2D eigenvalue weighted by molar-refractivity contribution is -0.138. The van der Waals surface area contributed by atoms with Crippen LogP contribution in [0, 0.1) is 5.82 Å². The summed E-state index contributed by atoms with van der Waals surface area (Å²) in [5.41, 5.74) is 8.80. The predicted molar refractivity (Wildman–Crippen MR) is 131 cm³/mol. The number of fused-ring (bicyclic) bond motifs is 3. The second-order valence-corrected chi connectivity index (χ2v) is 9.61. The first kappa shape index (κ1) is 23.2. The molecule has 3 atom stereocenters. The molecule has 0 spiro atoms. The molecule has 2 aliphatic rings. The number of carbonyl (C=O) groups excluding carboxylic acids is 2. The molecule has 0 radical (unpaired) electrons. The van der Waals surface area contributed by atoms with Crippen molar-refractivity contribution in [3.63, 3.8) is 0 Å². The van der Waals surface area contributed by atoms with Crippen LogP contribution in [0.4, 0.5) is 10.2 Å². The van der Waals surface area contributed by atoms with Crippen molar-refractivity contribution in [2.45, 2.75) is 50.6 Å². The van der Waals surface area contributed by atoms with Crippen LogP contribution in [-0.4, -0.2) is 69.9 Å². The Bertz CT molecular complexity index is 1520. The molecule has 0 unspecified atom stereocenters. The third-order valence-corrected chi connectivity index (χ3v) is 7.48. The number of aliphatic hydroxyl groups excluding tert-OH is 1. The van der Waals surface area contributed by atoms with Crippen LogP contribution in [0.25, 0.3) is 28.3 Å². The van der Waals surface area contributed by atoms with E-state index in [9.17, 15) is 19.1 Å². The zero-order chi connectivity index (χ0) is 25.8. The van der Waals surface area contributed by atoms with Gasteiger partial charge in [0.2, 0.25) is 5.91 Å². The summed E-state index contributed by atoms with van der Waals surface area (Å²) in [4.78, 5) is 42.8. The highest BCUT2D eigenvalue weighted by Gasteiger charge is 2.44. The molecule has 0 aliphatic carbocycles. The number of piperidine rings is 1. The molecule has 4 N–H and O–H groups in total. The lowest BCUT2D eigenvalue weighted by atomic mass is 9.85. The number of nitrogens with two attached hydrogens (primary N) is 1. The Morgan fingerprint density at radius 3 is 2.59 bits per heavy atom. The van der Waals surface area contributed by atoms with Gasteiger partial charge in [0.05, 0.1) is 17.5 Å². The fourth-order valence-electron chi connectivity index (χ4n) is 5.94. The monoisotopic (exact) mass is 504 g/mol. The number of amides is 1. The standard InChI is InChI=1S/C25H25FN8O3/c1-12(36)20-21(13-6-15-2-3-16(7-13)33(15)19(37)11-35)32-25-17(10-31-34(25)23(20)27)14-8-18(26)22(30-9-14)24-28-4-5-29-24/h4-5,8-10,13,15-16,35H,2-3,6-7,11,27H2,1H3,(H,28,29)/t13-,15+,16-. The Morgan fingerprint density at radius 1 is 1.22 bits per heavy atom. The molecule has 1 amide bonds. The first-order valence-electron chi connectivity index (χ1n) is 12.1. The molecule has 190 valence electrons. The van der Waals surface area contributed by atoms with Gasteiger partial charge in [-0.2, -0.15) is 9.61 Å². The molecule has 2 aliphatic heterocycles. The van der Waals surface area contributed by atoms with Crippen LogP contribution in [0.5, 0.6) is 0 Å². The average Bonchev–Trinajstić information content (AvgIpc) is 3.61. The Labute approximate surface area is 210 Å². The van der Waals surface area contributed by atoms with E-state index in [0.717, 1.165) is 12.8 Å². The minimum Gasteiger partial charge on any atom is -0.387 e. The van der Waals surface area contributed by atoms with Gasteiger partial charge in [-0.15, -0.1) is 0 Å². The number of aromatic nitrogens is 6. The van der Waals surface area contributed by atoms with Crippen molar-refractivity contribution >= 4 is 23.2 Å². The molecule has 12 heteroatoms. The zero-order valence-electron chi connectivity index (χ0n) is 20.1. The van der Waals surface area contributed by atoms with Gasteiger partial charge in [-0.1, -0.05) is 0 Å². The Morgan fingerprint density at radius 2 is 1.97 bits per heavy atom. The summed E-state index contributed by atoms with van der Waals surface area (Å²) in [7, 11) is 0. The Balaban J connectivity index is 1.44. The number of H-pyrrole nitrogens is 1. The van der Waals surface area contributed by atoms with Crippen molar-refractivity contribution in [2.75, 3.05) is 12.3 Å². The van der Waals surface area contributed by atoms with E-state index >= 15 is 0 Å². The Kier molecular flexibility index (Phi) is 5.48. The summed E-state index contributed by atoms with van der Waals surface area (Å²) in [5.74, 6) is -0.675. The zero-order valence-corrected chi connectivity index (χ0v) is 20.1. The lowest BCUT2D eigenvalue weighted by Crippen LogP contribution is -2.47. The fourth-order valence-corrected chi connectivity index (χ4v) is 5.94. The number of imidazole rings is 1. The van der Waals surface area contributed by atoms with Gasteiger partial charge in [0.15, 0.2) is 23.1 Å². The molecule has 2 fully saturated rings. The van der Waals surface area contributed by atoms with E-state index in [2.05, 4.69) is 20.1 Å². The molecule has 6 rings (SSSR count). The van der Waals surface area contributed by atoms with E-state index < -0.39 is 12.4 Å². The van der Waals surface area contributed by atoms with Crippen molar-refractivity contribution in [3.8, 4) is 22.6 Å². The quantitative estimate of drug-likeness (QED) is 0.350. The van der Waals surface area contributed by atoms with Gasteiger partial charge >= 0.3 is 0 Å². The molecule has 2 saturated heterocycles. The second kappa shape index (κ2) is 8.73. The van der Waals surface area contributed by atoms with E-state index in [1.807, 2.05) is 0 Å². The molecule has 4 aromatic rings. The van der Waals surface area contributed by atoms with Crippen molar-refractivity contribution in [2.24, 2.45) is 0 Å². The number of halogens is 1. The number of nitrogens with zero attached hydrogens (tertiary/aromatic N) is 6. The summed E-state index contributed by atoms with van der Waals surface area (Å²) < 4.78 is 16.4. The predicted octanol–water partition coefficient (Wildman–Crippen LogP) is 2.33. The van der Waals surface area contributed by atoms with Crippen LogP contribution in [0.3, 0.4) is 0 Å².